The molecule has 0 bridgehead atoms. The van der Waals surface area contributed by atoms with Crippen LogP contribution in [0, 0.1) is 0 Å². The highest BCUT2D eigenvalue weighted by Crippen LogP contribution is 2.37. The van der Waals surface area contributed by atoms with Gasteiger partial charge in [0.1, 0.15) is 11.6 Å². The lowest BCUT2D eigenvalue weighted by Crippen LogP contribution is -2.16. The molecule has 0 aliphatic carbocycles. The molecule has 0 unspecified atom stereocenters. The lowest BCUT2D eigenvalue weighted by atomic mass is 10.1. The van der Waals surface area contributed by atoms with E-state index < -0.39 is 18.1 Å². The summed E-state index contributed by atoms with van der Waals surface area (Å²) in [5, 5.41) is 4.16. The predicted molar refractivity (Wildman–Crippen MR) is 101 cm³/mol. The van der Waals surface area contributed by atoms with Crippen molar-refractivity contribution < 1.29 is 31.1 Å². The zero-order chi connectivity index (χ0) is 22.1. The van der Waals surface area contributed by atoms with E-state index in [1.165, 1.54) is 40.8 Å². The lowest BCUT2D eigenvalue weighted by Gasteiger charge is -2.14. The Morgan fingerprint density at radius 2 is 1.70 bits per heavy atom. The summed E-state index contributed by atoms with van der Waals surface area (Å²) in [6.07, 6.45) is -7.89. The molecule has 0 saturated carbocycles. The Balaban J connectivity index is 1.97. The van der Waals surface area contributed by atoms with Crippen molar-refractivity contribution in [3.63, 3.8) is 0 Å². The maximum absolute atomic E-state index is 13.0. The maximum atomic E-state index is 13.0. The number of ether oxygens (including phenoxy) is 1. The smallest absolute Gasteiger partial charge is 0.406 e. The van der Waals surface area contributed by atoms with Gasteiger partial charge in [-0.15, -0.1) is 24.9 Å². The molecule has 0 aliphatic rings. The topological polar surface area (TPSA) is 53.1 Å². The normalized spacial score (nSPS) is 12.2. The first kappa shape index (κ1) is 21.9. The molecule has 0 spiro atoms. The van der Waals surface area contributed by atoms with E-state index in [1.54, 1.807) is 6.92 Å². The second kappa shape index (κ2) is 8.13. The molecule has 0 fully saturated rings. The van der Waals surface area contributed by atoms with Crippen LogP contribution in [0.5, 0.6) is 5.75 Å². The number of nitrogen functional groups attached to an aromatic ring is 1. The van der Waals surface area contributed by atoms with Gasteiger partial charge in [-0.25, -0.2) is 4.68 Å². The van der Waals surface area contributed by atoms with Crippen LogP contribution in [-0.2, 0) is 6.18 Å². The van der Waals surface area contributed by atoms with Gasteiger partial charge >= 0.3 is 12.5 Å². The highest BCUT2D eigenvalue weighted by atomic mass is 32.2. The first-order chi connectivity index (χ1) is 14.0. The summed E-state index contributed by atoms with van der Waals surface area (Å²) < 4.78 is 81.2. The molecular weight excluding hydrogens is 432 g/mol. The summed E-state index contributed by atoms with van der Waals surface area (Å²) in [6, 6.07) is 8.30. The molecule has 0 atom stereocenters. The van der Waals surface area contributed by atoms with Gasteiger partial charge in [0.2, 0.25) is 0 Å². The van der Waals surface area contributed by atoms with Crippen LogP contribution in [0.15, 0.2) is 53.6 Å². The Hall–Kier alpha value is -2.82. The average molecular weight is 447 g/mol. The number of hydrogen-bond acceptors (Lipinski definition) is 4. The monoisotopic (exact) mass is 447 g/mol. The number of benzene rings is 2. The second-order valence-electron chi connectivity index (χ2n) is 6.04. The molecule has 3 rings (SSSR count). The molecule has 2 aromatic carbocycles. The number of hydrogen-bond donors (Lipinski definition) is 1. The fourth-order valence-electron chi connectivity index (χ4n) is 2.74. The average Bonchev–Trinajstić information content (AvgIpc) is 3.02. The quantitative estimate of drug-likeness (QED) is 0.377. The van der Waals surface area contributed by atoms with E-state index in [1.807, 2.05) is 0 Å². The zero-order valence-electron chi connectivity index (χ0n) is 15.4. The molecular formula is C19H15F6N3OS. The van der Waals surface area contributed by atoms with Gasteiger partial charge in [-0.05, 0) is 41.6 Å². The van der Waals surface area contributed by atoms with Gasteiger partial charge in [-0.3, -0.25) is 0 Å². The summed E-state index contributed by atoms with van der Waals surface area (Å²) in [5.41, 5.74) is 6.64. The van der Waals surface area contributed by atoms with E-state index in [-0.39, 0.29) is 11.6 Å². The van der Waals surface area contributed by atoms with Crippen LogP contribution in [0.25, 0.3) is 16.8 Å². The van der Waals surface area contributed by atoms with E-state index in [0.29, 0.717) is 27.5 Å². The molecule has 0 radical (unpaired) electrons. The van der Waals surface area contributed by atoms with E-state index >= 15 is 0 Å². The lowest BCUT2D eigenvalue weighted by molar-refractivity contribution is -0.274. The van der Waals surface area contributed by atoms with Crippen molar-refractivity contribution in [2.75, 3.05) is 11.5 Å². The number of aromatic nitrogens is 2. The summed E-state index contributed by atoms with van der Waals surface area (Å²) in [6.45, 7) is 1.80. The third-order valence-corrected chi connectivity index (χ3v) is 4.95. The van der Waals surface area contributed by atoms with Crippen molar-refractivity contribution in [3.05, 3.63) is 54.2 Å². The SMILES string of the molecule is CCSc1cc(C(F)(F)F)ccc1-n1ncc(-c2ccc(OC(F)(F)F)cc2)c1N. The fraction of sp³-hybridized carbons (Fsp3) is 0.211. The van der Waals surface area contributed by atoms with Gasteiger partial charge in [-0.2, -0.15) is 18.3 Å². The molecule has 160 valence electrons. The molecule has 11 heteroatoms. The minimum Gasteiger partial charge on any atom is -0.406 e. The molecule has 1 heterocycles. The van der Waals surface area contributed by atoms with E-state index in [9.17, 15) is 26.3 Å². The van der Waals surface area contributed by atoms with Crippen molar-refractivity contribution in [1.29, 1.82) is 0 Å². The summed E-state index contributed by atoms with van der Waals surface area (Å²) in [5.74, 6) is 0.280. The minimum atomic E-state index is -4.80. The fourth-order valence-corrected chi connectivity index (χ4v) is 3.57. The van der Waals surface area contributed by atoms with E-state index in [2.05, 4.69) is 9.84 Å². The number of halogens is 6. The van der Waals surface area contributed by atoms with Crippen molar-refractivity contribution in [2.24, 2.45) is 0 Å². The van der Waals surface area contributed by atoms with Crippen molar-refractivity contribution in [3.8, 4) is 22.6 Å². The van der Waals surface area contributed by atoms with Gasteiger partial charge in [0.05, 0.1) is 17.4 Å². The van der Waals surface area contributed by atoms with E-state index in [0.717, 1.165) is 24.3 Å². The number of thioether (sulfide) groups is 1. The molecule has 30 heavy (non-hydrogen) atoms. The van der Waals surface area contributed by atoms with Crippen LogP contribution in [0.3, 0.4) is 0 Å². The molecule has 0 aliphatic heterocycles. The van der Waals surface area contributed by atoms with Crippen LogP contribution in [0.4, 0.5) is 32.2 Å². The second-order valence-corrected chi connectivity index (χ2v) is 7.35. The van der Waals surface area contributed by atoms with Crippen LogP contribution in [0.1, 0.15) is 12.5 Å². The van der Waals surface area contributed by atoms with Gasteiger partial charge in [0, 0.05) is 10.5 Å². The van der Waals surface area contributed by atoms with Gasteiger partial charge in [0.25, 0.3) is 0 Å². The molecule has 1 aromatic heterocycles. The van der Waals surface area contributed by atoms with Crippen molar-refractivity contribution in [1.82, 2.24) is 9.78 Å². The Kier molecular flexibility index (Phi) is 5.93. The Morgan fingerprint density at radius 3 is 2.27 bits per heavy atom. The zero-order valence-corrected chi connectivity index (χ0v) is 16.2. The highest BCUT2D eigenvalue weighted by molar-refractivity contribution is 7.99. The van der Waals surface area contributed by atoms with Gasteiger partial charge in [0.15, 0.2) is 0 Å². The molecule has 2 N–H and O–H groups in total. The third kappa shape index (κ3) is 4.84. The van der Waals surface area contributed by atoms with Crippen LogP contribution in [-0.4, -0.2) is 21.9 Å². The Morgan fingerprint density at radius 1 is 1.03 bits per heavy atom. The Labute approximate surface area is 171 Å². The number of nitrogens with zero attached hydrogens (tertiary/aromatic N) is 2. The Bertz CT molecular complexity index is 1030. The van der Waals surface area contributed by atoms with Crippen LogP contribution in [0.2, 0.25) is 0 Å². The number of rotatable bonds is 5. The first-order valence-corrected chi connectivity index (χ1v) is 9.52. The summed E-state index contributed by atoms with van der Waals surface area (Å²) in [4.78, 5) is 0.350. The summed E-state index contributed by atoms with van der Waals surface area (Å²) in [7, 11) is 0. The van der Waals surface area contributed by atoms with Crippen LogP contribution < -0.4 is 10.5 Å². The number of alkyl halides is 6. The number of anilines is 1. The molecule has 0 saturated heterocycles. The first-order valence-electron chi connectivity index (χ1n) is 8.53. The third-order valence-electron chi connectivity index (χ3n) is 4.02. The standard InChI is InChI=1S/C19H15F6N3OS/c1-2-30-16-9-12(18(20,21)22)5-8-15(16)28-17(26)14(10-27-28)11-3-6-13(7-4-11)29-19(23,24)25/h3-10H,2,26H2,1H3. The molecule has 3 aromatic rings. The highest BCUT2D eigenvalue weighted by Gasteiger charge is 2.32. The van der Waals surface area contributed by atoms with Crippen LogP contribution >= 0.6 is 11.8 Å². The van der Waals surface area contributed by atoms with Gasteiger partial charge < -0.3 is 10.5 Å². The molecule has 4 nitrogen and oxygen atoms in total. The van der Waals surface area contributed by atoms with Crippen molar-refractivity contribution in [2.45, 2.75) is 24.4 Å². The summed E-state index contributed by atoms with van der Waals surface area (Å²) >= 11 is 1.21. The largest absolute Gasteiger partial charge is 0.573 e. The predicted octanol–water partition coefficient (Wildman–Crippen LogP) is 6.15. The van der Waals surface area contributed by atoms with E-state index in [4.69, 9.17) is 5.73 Å². The van der Waals surface area contributed by atoms with Crippen molar-refractivity contribution >= 4 is 17.6 Å². The maximum Gasteiger partial charge on any atom is 0.573 e. The molecule has 0 amide bonds. The number of nitrogens with two attached hydrogens (primary N) is 1. The van der Waals surface area contributed by atoms with Gasteiger partial charge in [-0.1, -0.05) is 19.1 Å². The minimum absolute atomic E-state index is 0.136.